The van der Waals surface area contributed by atoms with Gasteiger partial charge in [-0.1, -0.05) is 0 Å². The van der Waals surface area contributed by atoms with Gasteiger partial charge in [-0.15, -0.1) is 0 Å². The van der Waals surface area contributed by atoms with Gasteiger partial charge < -0.3 is 9.47 Å². The van der Waals surface area contributed by atoms with E-state index in [-0.39, 0.29) is 12.5 Å². The smallest absolute Gasteiger partial charge is 0.270 e. The molecule has 2 N–H and O–H groups in total. The van der Waals surface area contributed by atoms with Crippen LogP contribution in [0.25, 0.3) is 0 Å². The van der Waals surface area contributed by atoms with Crippen LogP contribution in [0.4, 0.5) is 0 Å². The third-order valence-electron chi connectivity index (χ3n) is 4.10. The van der Waals surface area contributed by atoms with Gasteiger partial charge in [-0.2, -0.15) is 0 Å². The zero-order valence-electron chi connectivity index (χ0n) is 11.5. The molecule has 3 rings (SSSR count). The lowest BCUT2D eigenvalue weighted by atomic mass is 10.1. The van der Waals surface area contributed by atoms with Gasteiger partial charge in [0.05, 0.1) is 5.25 Å². The fourth-order valence-electron chi connectivity index (χ4n) is 2.82. The van der Waals surface area contributed by atoms with E-state index in [0.29, 0.717) is 31.1 Å². The first-order chi connectivity index (χ1) is 9.86. The maximum Gasteiger partial charge on any atom is 0.270 e. The first kappa shape index (κ1) is 15.1. The van der Waals surface area contributed by atoms with E-state index in [2.05, 4.69) is 15.9 Å². The van der Waals surface area contributed by atoms with Crippen molar-refractivity contribution in [2.75, 3.05) is 13.1 Å². The van der Waals surface area contributed by atoms with E-state index in [4.69, 9.17) is 5.14 Å². The lowest BCUT2D eigenvalue weighted by Gasteiger charge is -2.31. The Kier molecular flexibility index (Phi) is 3.87. The Morgan fingerprint density at radius 1 is 1.33 bits per heavy atom. The van der Waals surface area contributed by atoms with Gasteiger partial charge in [0.25, 0.3) is 5.91 Å². The lowest BCUT2D eigenvalue weighted by Crippen LogP contribution is -2.47. The third-order valence-corrected chi connectivity index (χ3v) is 5.85. The van der Waals surface area contributed by atoms with E-state index in [1.54, 1.807) is 11.0 Å². The van der Waals surface area contributed by atoms with Crippen LogP contribution in [0.1, 0.15) is 42.2 Å². The second-order valence-corrected chi connectivity index (χ2v) is 8.55. The lowest BCUT2D eigenvalue weighted by molar-refractivity contribution is 0.0715. The molecule has 2 aliphatic rings. The second-order valence-electron chi connectivity index (χ2n) is 5.79. The summed E-state index contributed by atoms with van der Waals surface area (Å²) >= 11 is 3.41. The summed E-state index contributed by atoms with van der Waals surface area (Å²) in [6.07, 6.45) is 5.28. The topological polar surface area (TPSA) is 85.4 Å². The molecule has 0 bridgehead atoms. The molecule has 1 aliphatic carbocycles. The van der Waals surface area contributed by atoms with Crippen LogP contribution in [0, 0.1) is 0 Å². The maximum absolute atomic E-state index is 12.7. The van der Waals surface area contributed by atoms with Crippen molar-refractivity contribution < 1.29 is 13.2 Å². The molecule has 1 saturated carbocycles. The van der Waals surface area contributed by atoms with Crippen LogP contribution in [-0.2, 0) is 10.0 Å². The number of sulfonamides is 1. The largest absolute Gasteiger partial charge is 0.339 e. The molecule has 1 atom stereocenters. The SMILES string of the molecule is NS(=O)(=O)C1CCCN(C(=O)c2cc(Br)cn2C2CC2)C1. The van der Waals surface area contributed by atoms with Gasteiger partial charge in [-0.3, -0.25) is 4.79 Å². The number of likely N-dealkylation sites (tertiary alicyclic amines) is 1. The van der Waals surface area contributed by atoms with Crippen LogP contribution in [0.3, 0.4) is 0 Å². The minimum absolute atomic E-state index is 0.110. The average molecular weight is 376 g/mol. The van der Waals surface area contributed by atoms with Crippen molar-refractivity contribution in [3.8, 4) is 0 Å². The van der Waals surface area contributed by atoms with Crippen molar-refractivity contribution in [2.45, 2.75) is 37.0 Å². The van der Waals surface area contributed by atoms with E-state index in [9.17, 15) is 13.2 Å². The number of carbonyl (C=O) groups excluding carboxylic acids is 1. The van der Waals surface area contributed by atoms with E-state index in [1.165, 1.54) is 0 Å². The standard InChI is InChI=1S/C13H18BrN3O3S/c14-9-6-12(17(7-9)10-3-4-10)13(18)16-5-1-2-11(8-16)21(15,19)20/h6-7,10-11H,1-5,8H2,(H2,15,19,20). The molecule has 6 nitrogen and oxygen atoms in total. The molecule has 1 aromatic rings. The highest BCUT2D eigenvalue weighted by molar-refractivity contribution is 9.10. The molecule has 0 radical (unpaired) electrons. The second kappa shape index (κ2) is 5.40. The van der Waals surface area contributed by atoms with E-state index in [1.807, 2.05) is 10.8 Å². The van der Waals surface area contributed by atoms with E-state index < -0.39 is 15.3 Å². The van der Waals surface area contributed by atoms with Crippen molar-refractivity contribution in [1.82, 2.24) is 9.47 Å². The zero-order valence-corrected chi connectivity index (χ0v) is 13.9. The predicted octanol–water partition coefficient (Wildman–Crippen LogP) is 1.48. The summed E-state index contributed by atoms with van der Waals surface area (Å²) in [6.45, 7) is 0.767. The maximum atomic E-state index is 12.7. The van der Waals surface area contributed by atoms with Crippen LogP contribution in [0.2, 0.25) is 0 Å². The van der Waals surface area contributed by atoms with Crippen LogP contribution < -0.4 is 5.14 Å². The quantitative estimate of drug-likeness (QED) is 0.867. The molecule has 1 saturated heterocycles. The molecule has 21 heavy (non-hydrogen) atoms. The number of carbonyl (C=O) groups is 1. The number of hydrogen-bond acceptors (Lipinski definition) is 3. The van der Waals surface area contributed by atoms with Gasteiger partial charge in [-0.05, 0) is 47.7 Å². The molecule has 1 amide bonds. The van der Waals surface area contributed by atoms with E-state index >= 15 is 0 Å². The number of rotatable bonds is 3. The van der Waals surface area contributed by atoms with Crippen molar-refractivity contribution in [3.05, 3.63) is 22.4 Å². The van der Waals surface area contributed by atoms with Gasteiger partial charge in [0, 0.05) is 29.8 Å². The van der Waals surface area contributed by atoms with Crippen LogP contribution in [0.5, 0.6) is 0 Å². The zero-order chi connectivity index (χ0) is 15.2. The van der Waals surface area contributed by atoms with Gasteiger partial charge in [-0.25, -0.2) is 13.6 Å². The Morgan fingerprint density at radius 3 is 2.67 bits per heavy atom. The summed E-state index contributed by atoms with van der Waals surface area (Å²) in [4.78, 5) is 14.3. The normalized spacial score (nSPS) is 23.3. The monoisotopic (exact) mass is 375 g/mol. The Morgan fingerprint density at radius 2 is 2.05 bits per heavy atom. The molecule has 8 heteroatoms. The van der Waals surface area contributed by atoms with Crippen LogP contribution in [-0.4, -0.2) is 42.1 Å². The molecule has 0 spiro atoms. The van der Waals surface area contributed by atoms with Crippen LogP contribution in [0.15, 0.2) is 16.7 Å². The van der Waals surface area contributed by atoms with Gasteiger partial charge in [0.2, 0.25) is 10.0 Å². The van der Waals surface area contributed by atoms with Gasteiger partial charge in [0.15, 0.2) is 0 Å². The minimum atomic E-state index is -3.59. The summed E-state index contributed by atoms with van der Waals surface area (Å²) < 4.78 is 25.9. The predicted molar refractivity (Wildman–Crippen MR) is 82.4 cm³/mol. The molecule has 1 aromatic heterocycles. The molecule has 1 aliphatic heterocycles. The molecule has 2 fully saturated rings. The number of piperidine rings is 1. The highest BCUT2D eigenvalue weighted by Gasteiger charge is 2.34. The molecule has 0 aromatic carbocycles. The summed E-state index contributed by atoms with van der Waals surface area (Å²) in [5, 5.41) is 4.58. The van der Waals surface area contributed by atoms with E-state index in [0.717, 1.165) is 17.3 Å². The highest BCUT2D eigenvalue weighted by Crippen LogP contribution is 2.38. The fraction of sp³-hybridized carbons (Fsp3) is 0.615. The highest BCUT2D eigenvalue weighted by atomic mass is 79.9. The molecule has 1 unspecified atom stereocenters. The van der Waals surface area contributed by atoms with Crippen molar-refractivity contribution in [3.63, 3.8) is 0 Å². The Bertz CT molecular complexity index is 666. The summed E-state index contributed by atoms with van der Waals surface area (Å²) in [6, 6.07) is 2.20. The van der Waals surface area contributed by atoms with Crippen molar-refractivity contribution in [2.24, 2.45) is 5.14 Å². The Hall–Kier alpha value is -0.860. The van der Waals surface area contributed by atoms with Crippen molar-refractivity contribution in [1.29, 1.82) is 0 Å². The molecule has 116 valence electrons. The number of hydrogen-bond donors (Lipinski definition) is 1. The average Bonchev–Trinajstić information content (AvgIpc) is 3.20. The number of nitrogens with zero attached hydrogens (tertiary/aromatic N) is 2. The summed E-state index contributed by atoms with van der Waals surface area (Å²) in [5.74, 6) is -0.110. The number of primary sulfonamides is 1. The fourth-order valence-corrected chi connectivity index (χ4v) is 4.14. The first-order valence-electron chi connectivity index (χ1n) is 7.04. The number of halogens is 1. The molecular weight excluding hydrogens is 358 g/mol. The van der Waals surface area contributed by atoms with Crippen molar-refractivity contribution >= 4 is 31.9 Å². The molecular formula is C13H18BrN3O3S. The number of amides is 1. The number of nitrogens with two attached hydrogens (primary N) is 1. The van der Waals surface area contributed by atoms with Gasteiger partial charge in [0.1, 0.15) is 5.69 Å². The van der Waals surface area contributed by atoms with Crippen LogP contribution >= 0.6 is 15.9 Å². The van der Waals surface area contributed by atoms with Gasteiger partial charge >= 0.3 is 0 Å². The Labute approximate surface area is 132 Å². The Balaban J connectivity index is 1.82. The summed E-state index contributed by atoms with van der Waals surface area (Å²) in [7, 11) is -3.59. The third kappa shape index (κ3) is 3.17. The number of aromatic nitrogens is 1. The first-order valence-corrected chi connectivity index (χ1v) is 9.45. The summed E-state index contributed by atoms with van der Waals surface area (Å²) in [5.41, 5.74) is 0.624. The molecule has 2 heterocycles. The minimum Gasteiger partial charge on any atom is -0.339 e.